The minimum absolute atomic E-state index is 0. The molecule has 1 aromatic carbocycles. The van der Waals surface area contributed by atoms with Crippen molar-refractivity contribution in [1.82, 2.24) is 14.8 Å². The van der Waals surface area contributed by atoms with Gasteiger partial charge in [0.2, 0.25) is 0 Å². The molecule has 2 fully saturated rings. The molecular formula is C27H39N3O2. The number of nitrogens with zero attached hydrogens (tertiary/aromatic N) is 2. The predicted octanol–water partition coefficient (Wildman–Crippen LogP) is 5.26. The molecule has 3 aliphatic rings. The minimum Gasteiger partial charge on any atom is -0.496 e. The van der Waals surface area contributed by atoms with Gasteiger partial charge in [-0.25, -0.2) is 0 Å². The number of rotatable bonds is 2. The molecule has 174 valence electrons. The molecular weight excluding hydrogens is 398 g/mol. The standard InChI is InChI=1S/C27H37N3O2.H2/c1-26(2,3)20-12-11-19(18-23(20)32-4)25(31)29-16-13-27(14-17-29)24-10-7-15-30(24)22-9-6-5-8-21(22)28-27;/h7,10-12,15,18,21-22,28H,5-6,8-9,13-14,16-17H2,1-4H3;1H/t21-,22-;/m1./s1. The number of hydrogen-bond acceptors (Lipinski definition) is 3. The van der Waals surface area contributed by atoms with Crippen molar-refractivity contribution >= 4 is 5.91 Å². The summed E-state index contributed by atoms with van der Waals surface area (Å²) in [5.74, 6) is 0.910. The van der Waals surface area contributed by atoms with Gasteiger partial charge < -0.3 is 19.5 Å². The molecule has 2 atom stereocenters. The van der Waals surface area contributed by atoms with E-state index in [1.54, 1.807) is 7.11 Å². The highest BCUT2D eigenvalue weighted by molar-refractivity contribution is 5.95. The number of piperidine rings is 1. The maximum absolute atomic E-state index is 13.4. The molecule has 2 aromatic rings. The summed E-state index contributed by atoms with van der Waals surface area (Å²) in [4.78, 5) is 15.4. The van der Waals surface area contributed by atoms with E-state index in [-0.39, 0.29) is 18.3 Å². The van der Waals surface area contributed by atoms with Crippen LogP contribution in [0.1, 0.15) is 88.4 Å². The number of nitrogens with one attached hydrogen (secondary N) is 1. The fourth-order valence-corrected chi connectivity index (χ4v) is 6.25. The molecule has 0 bridgehead atoms. The quantitative estimate of drug-likeness (QED) is 0.697. The third-order valence-electron chi connectivity index (χ3n) is 7.98. The number of amides is 1. The fraction of sp³-hybridized carbons (Fsp3) is 0.593. The van der Waals surface area contributed by atoms with Crippen LogP contribution in [0.2, 0.25) is 0 Å². The maximum atomic E-state index is 13.4. The van der Waals surface area contributed by atoms with E-state index in [9.17, 15) is 4.79 Å². The predicted molar refractivity (Wildman–Crippen MR) is 129 cm³/mol. The largest absolute Gasteiger partial charge is 0.496 e. The second kappa shape index (κ2) is 7.95. The van der Waals surface area contributed by atoms with Crippen molar-refractivity contribution in [2.45, 2.75) is 82.3 Å². The zero-order valence-electron chi connectivity index (χ0n) is 20.0. The van der Waals surface area contributed by atoms with Crippen LogP contribution in [0.15, 0.2) is 36.5 Å². The molecule has 1 amide bonds. The van der Waals surface area contributed by atoms with Gasteiger partial charge in [0.15, 0.2) is 0 Å². The van der Waals surface area contributed by atoms with Crippen molar-refractivity contribution in [2.24, 2.45) is 0 Å². The molecule has 5 heteroatoms. The van der Waals surface area contributed by atoms with Crippen LogP contribution in [0.5, 0.6) is 5.75 Å². The third-order valence-corrected chi connectivity index (χ3v) is 7.98. The number of methoxy groups -OCH3 is 1. The van der Waals surface area contributed by atoms with Crippen LogP contribution in [-0.4, -0.2) is 41.6 Å². The lowest BCUT2D eigenvalue weighted by molar-refractivity contribution is 0.0512. The maximum Gasteiger partial charge on any atom is 0.253 e. The summed E-state index contributed by atoms with van der Waals surface area (Å²) in [5, 5.41) is 4.08. The molecule has 1 saturated carbocycles. The van der Waals surface area contributed by atoms with E-state index in [1.165, 1.54) is 31.4 Å². The van der Waals surface area contributed by atoms with E-state index in [2.05, 4.69) is 55.1 Å². The molecule has 1 saturated heterocycles. The topological polar surface area (TPSA) is 46.5 Å². The number of benzene rings is 1. The van der Waals surface area contributed by atoms with Gasteiger partial charge in [-0.2, -0.15) is 0 Å². The van der Waals surface area contributed by atoms with Crippen LogP contribution in [0.25, 0.3) is 0 Å². The zero-order valence-corrected chi connectivity index (χ0v) is 20.0. The van der Waals surface area contributed by atoms with Crippen LogP contribution >= 0.6 is 0 Å². The van der Waals surface area contributed by atoms with E-state index in [1.807, 2.05) is 17.0 Å². The van der Waals surface area contributed by atoms with Crippen LogP contribution < -0.4 is 10.1 Å². The summed E-state index contributed by atoms with van der Waals surface area (Å²) < 4.78 is 8.19. The number of likely N-dealkylation sites (tertiary alicyclic amines) is 1. The highest BCUT2D eigenvalue weighted by Gasteiger charge is 2.46. The van der Waals surface area contributed by atoms with Crippen molar-refractivity contribution in [2.75, 3.05) is 20.2 Å². The molecule has 32 heavy (non-hydrogen) atoms. The molecule has 1 aromatic heterocycles. The molecule has 1 spiro atoms. The number of carbonyl (C=O) groups excluding carboxylic acids is 1. The van der Waals surface area contributed by atoms with Crippen LogP contribution in [0.4, 0.5) is 0 Å². The van der Waals surface area contributed by atoms with Gasteiger partial charge in [-0.3, -0.25) is 4.79 Å². The molecule has 5 rings (SSSR count). The summed E-state index contributed by atoms with van der Waals surface area (Å²) in [6.45, 7) is 8.05. The molecule has 0 unspecified atom stereocenters. The summed E-state index contributed by atoms with van der Waals surface area (Å²) in [5.41, 5.74) is 3.24. The van der Waals surface area contributed by atoms with Gasteiger partial charge in [0.1, 0.15) is 5.75 Å². The Morgan fingerprint density at radius 2 is 1.91 bits per heavy atom. The van der Waals surface area contributed by atoms with Crippen molar-refractivity contribution in [3.05, 3.63) is 53.3 Å². The summed E-state index contributed by atoms with van der Waals surface area (Å²) >= 11 is 0. The Bertz CT molecular complexity index is 1000. The van der Waals surface area contributed by atoms with Crippen LogP contribution in [-0.2, 0) is 11.0 Å². The van der Waals surface area contributed by atoms with Crippen molar-refractivity contribution in [1.29, 1.82) is 0 Å². The van der Waals surface area contributed by atoms with E-state index in [4.69, 9.17) is 4.74 Å². The Morgan fingerprint density at radius 1 is 1.16 bits per heavy atom. The van der Waals surface area contributed by atoms with Gasteiger partial charge in [0, 0.05) is 44.1 Å². The van der Waals surface area contributed by atoms with E-state index < -0.39 is 0 Å². The summed E-state index contributed by atoms with van der Waals surface area (Å²) in [6.07, 6.45) is 9.37. The molecule has 5 nitrogen and oxygen atoms in total. The smallest absolute Gasteiger partial charge is 0.253 e. The van der Waals surface area contributed by atoms with Crippen molar-refractivity contribution < 1.29 is 11.0 Å². The van der Waals surface area contributed by atoms with Gasteiger partial charge in [-0.15, -0.1) is 0 Å². The normalized spacial score (nSPS) is 24.7. The van der Waals surface area contributed by atoms with Gasteiger partial charge >= 0.3 is 0 Å². The Morgan fingerprint density at radius 3 is 2.62 bits per heavy atom. The number of fused-ring (bicyclic) bond motifs is 4. The molecule has 3 heterocycles. The van der Waals surface area contributed by atoms with Crippen LogP contribution in [0.3, 0.4) is 0 Å². The van der Waals surface area contributed by atoms with Crippen LogP contribution in [0, 0.1) is 0 Å². The van der Waals surface area contributed by atoms with Crippen molar-refractivity contribution in [3.8, 4) is 5.75 Å². The Balaban J connectivity index is 0.00000259. The van der Waals surface area contributed by atoms with E-state index >= 15 is 0 Å². The highest BCUT2D eigenvalue weighted by Crippen LogP contribution is 2.44. The minimum atomic E-state index is -0.0248. The number of aromatic nitrogens is 1. The lowest BCUT2D eigenvalue weighted by Gasteiger charge is -2.52. The first-order valence-corrected chi connectivity index (χ1v) is 12.3. The van der Waals surface area contributed by atoms with E-state index in [0.717, 1.165) is 42.8 Å². The SMILES string of the molecule is COc1cc(C(=O)N2CCC3(CC2)N[C@@H]2CCCC[C@H]2n2cccc23)ccc1C(C)(C)C.[HH]. The van der Waals surface area contributed by atoms with E-state index in [0.29, 0.717) is 12.1 Å². The van der Waals surface area contributed by atoms with Gasteiger partial charge in [-0.1, -0.05) is 39.7 Å². The third kappa shape index (κ3) is 3.55. The van der Waals surface area contributed by atoms with Gasteiger partial charge in [0.25, 0.3) is 5.91 Å². The average Bonchev–Trinajstić information content (AvgIpc) is 3.30. The zero-order chi connectivity index (χ0) is 22.5. The molecule has 0 radical (unpaired) electrons. The first kappa shape index (κ1) is 21.6. The lowest BCUT2D eigenvalue weighted by atomic mass is 9.77. The first-order valence-electron chi connectivity index (χ1n) is 12.3. The summed E-state index contributed by atoms with van der Waals surface area (Å²) in [6, 6.07) is 11.6. The molecule has 1 N–H and O–H groups in total. The van der Waals surface area contributed by atoms with Crippen molar-refractivity contribution in [3.63, 3.8) is 0 Å². The molecule has 2 aliphatic heterocycles. The first-order chi connectivity index (χ1) is 15.3. The Kier molecular flexibility index (Phi) is 5.36. The second-order valence-electron chi connectivity index (χ2n) is 10.9. The number of carbonyl (C=O) groups is 1. The number of hydrogen-bond donors (Lipinski definition) is 1. The molecule has 1 aliphatic carbocycles. The monoisotopic (exact) mass is 437 g/mol. The summed E-state index contributed by atoms with van der Waals surface area (Å²) in [7, 11) is 1.69. The Hall–Kier alpha value is -2.27. The second-order valence-corrected chi connectivity index (χ2v) is 10.9. The fourth-order valence-electron chi connectivity index (χ4n) is 6.25. The lowest BCUT2D eigenvalue weighted by Crippen LogP contribution is -2.61. The van der Waals surface area contributed by atoms with Gasteiger partial charge in [-0.05, 0) is 60.9 Å². The number of ether oxygens (including phenoxy) is 1. The van der Waals surface area contributed by atoms with Gasteiger partial charge in [0.05, 0.1) is 12.6 Å². The highest BCUT2D eigenvalue weighted by atomic mass is 16.5. The average molecular weight is 438 g/mol. The Labute approximate surface area is 193 Å².